The number of rotatable bonds is 9. The molecule has 0 radical (unpaired) electrons. The summed E-state index contributed by atoms with van der Waals surface area (Å²) in [5.41, 5.74) is 3.81. The maximum Gasteiger partial charge on any atom is 0.511 e. The summed E-state index contributed by atoms with van der Waals surface area (Å²) in [5, 5.41) is 20.3. The Labute approximate surface area is 180 Å². The van der Waals surface area contributed by atoms with Gasteiger partial charge in [0.25, 0.3) is 0 Å². The van der Waals surface area contributed by atoms with Gasteiger partial charge in [-0.05, 0) is 56.6 Å². The summed E-state index contributed by atoms with van der Waals surface area (Å²) in [6.45, 7) is 2.03. The van der Waals surface area contributed by atoms with E-state index in [2.05, 4.69) is 6.07 Å². The Morgan fingerprint density at radius 2 is 1.90 bits per heavy atom. The molecule has 2 atom stereocenters. The van der Waals surface area contributed by atoms with Crippen LogP contribution in [0.5, 0.6) is 0 Å². The third kappa shape index (κ3) is 6.05. The van der Waals surface area contributed by atoms with Crippen LogP contribution in [0.3, 0.4) is 0 Å². The van der Waals surface area contributed by atoms with Gasteiger partial charge in [-0.2, -0.15) is 0 Å². The first kappa shape index (κ1) is 22.8. The maximum atomic E-state index is 13.5. The maximum absolute atomic E-state index is 13.5. The van der Waals surface area contributed by atoms with Gasteiger partial charge in [-0.15, -0.1) is 4.52 Å². The molecule has 0 aliphatic heterocycles. The number of halogens is 1. The second-order valence-electron chi connectivity index (χ2n) is 7.18. The molecule has 0 saturated carbocycles. The third-order valence-corrected chi connectivity index (χ3v) is 5.96. The smallest absolute Gasteiger partial charge is 0.481 e. The number of aryl methyl sites for hydroxylation is 1. The molecule has 0 fully saturated rings. The van der Waals surface area contributed by atoms with Crippen LogP contribution in [0.15, 0.2) is 60.7 Å². The number of benzene rings is 3. The van der Waals surface area contributed by atoms with Crippen molar-refractivity contribution in [3.05, 3.63) is 77.6 Å². The highest BCUT2D eigenvalue weighted by Crippen LogP contribution is 2.35. The molecule has 2 unspecified atom stereocenters. The zero-order valence-corrected chi connectivity index (χ0v) is 17.9. The van der Waals surface area contributed by atoms with Gasteiger partial charge in [-0.1, -0.05) is 54.6 Å². The van der Waals surface area contributed by atoms with E-state index in [9.17, 15) is 18.9 Å². The number of carboxylic acid groups (broad SMARTS) is 1. The molecule has 0 aliphatic rings. The van der Waals surface area contributed by atoms with Crippen LogP contribution in [0.25, 0.3) is 28.0 Å². The van der Waals surface area contributed by atoms with E-state index >= 15 is 0 Å². The topological polar surface area (TPSA) is 83.8 Å². The second-order valence-corrected chi connectivity index (χ2v) is 8.46. The summed E-state index contributed by atoms with van der Waals surface area (Å²) in [6, 6.07) is 16.4. The number of carboxylic acids is 1. The lowest BCUT2D eigenvalue weighted by molar-refractivity contribution is -0.138. The van der Waals surface area contributed by atoms with E-state index in [4.69, 9.17) is 9.63 Å². The largest absolute Gasteiger partial charge is 0.511 e. The van der Waals surface area contributed by atoms with Crippen LogP contribution in [0.1, 0.15) is 17.5 Å². The number of hydrogen-bond acceptors (Lipinski definition) is 4. The average molecular weight is 441 g/mol. The molecule has 3 rings (SSSR count). The summed E-state index contributed by atoms with van der Waals surface area (Å²) < 4.78 is 30.6. The number of hydrogen-bond donors (Lipinski definition) is 2. The summed E-state index contributed by atoms with van der Waals surface area (Å²) in [6.07, 6.45) is 1.68. The molecule has 3 aromatic carbocycles. The highest BCUT2D eigenvalue weighted by atomic mass is 31.1. The molecule has 0 aromatic heterocycles. The molecule has 0 aliphatic carbocycles. The van der Waals surface area contributed by atoms with E-state index < -0.39 is 26.5 Å². The van der Waals surface area contributed by atoms with Gasteiger partial charge in [0.2, 0.25) is 6.16 Å². The Balaban J connectivity index is 1.84. The van der Waals surface area contributed by atoms with Crippen molar-refractivity contribution in [2.75, 3.05) is 12.8 Å². The Kier molecular flexibility index (Phi) is 7.64. The Morgan fingerprint density at radius 3 is 2.61 bits per heavy atom. The van der Waals surface area contributed by atoms with E-state index in [1.54, 1.807) is 18.2 Å². The SMILES string of the molecule is Cc1cc2ccccc2c(-c2ccc(F)cc2)c1C=CCO[P+](=O)CC(O)CC(=O)O. The average Bonchev–Trinajstić information content (AvgIpc) is 2.71. The lowest BCUT2D eigenvalue weighted by Crippen LogP contribution is -2.15. The van der Waals surface area contributed by atoms with E-state index in [1.807, 2.05) is 37.3 Å². The van der Waals surface area contributed by atoms with E-state index in [1.165, 1.54) is 12.1 Å². The molecular weight excluding hydrogens is 418 g/mol. The van der Waals surface area contributed by atoms with Crippen molar-refractivity contribution >= 4 is 30.8 Å². The van der Waals surface area contributed by atoms with Gasteiger partial charge < -0.3 is 10.2 Å². The van der Waals surface area contributed by atoms with Gasteiger partial charge in [0, 0.05) is 0 Å². The van der Waals surface area contributed by atoms with Crippen molar-refractivity contribution in [2.24, 2.45) is 0 Å². The summed E-state index contributed by atoms with van der Waals surface area (Å²) >= 11 is 0. The molecule has 7 heteroatoms. The van der Waals surface area contributed by atoms with Crippen molar-refractivity contribution in [1.29, 1.82) is 0 Å². The molecule has 0 amide bonds. The molecule has 31 heavy (non-hydrogen) atoms. The number of aliphatic hydroxyl groups excluding tert-OH is 1. The van der Waals surface area contributed by atoms with Gasteiger partial charge in [0.1, 0.15) is 18.5 Å². The van der Waals surface area contributed by atoms with Crippen molar-refractivity contribution in [1.82, 2.24) is 0 Å². The van der Waals surface area contributed by atoms with Gasteiger partial charge in [-0.25, -0.2) is 4.39 Å². The molecule has 0 bridgehead atoms. The van der Waals surface area contributed by atoms with Gasteiger partial charge in [-0.3, -0.25) is 4.79 Å². The third-order valence-electron chi connectivity index (χ3n) is 4.80. The standard InChI is InChI=1S/C24H22FO5P/c1-16-13-18-5-2-3-6-22(18)24(17-8-10-19(25)11-9-17)21(16)7-4-12-30-31(29)15-20(26)14-23(27)28/h2-11,13,20,26H,12,14-15H2,1H3/p+1. The minimum atomic E-state index is -2.18. The number of aliphatic carboxylic acids is 1. The Bertz CT molecular complexity index is 1120. The fourth-order valence-corrected chi connectivity index (χ4v) is 4.26. The number of fused-ring (bicyclic) bond motifs is 1. The number of aliphatic hydroxyl groups is 1. The monoisotopic (exact) mass is 441 g/mol. The highest BCUT2D eigenvalue weighted by molar-refractivity contribution is 7.39. The van der Waals surface area contributed by atoms with Crippen LogP contribution in [0.4, 0.5) is 4.39 Å². The zero-order valence-electron chi connectivity index (χ0n) is 17.0. The molecule has 0 spiro atoms. The highest BCUT2D eigenvalue weighted by Gasteiger charge is 2.24. The minimum absolute atomic E-state index is 0.0458. The van der Waals surface area contributed by atoms with E-state index in [0.29, 0.717) is 0 Å². The lowest BCUT2D eigenvalue weighted by atomic mass is 9.90. The van der Waals surface area contributed by atoms with Gasteiger partial charge >= 0.3 is 14.0 Å². The quantitative estimate of drug-likeness (QED) is 0.425. The first-order valence-electron chi connectivity index (χ1n) is 9.77. The number of carbonyl (C=O) groups is 1. The van der Waals surface area contributed by atoms with Gasteiger partial charge in [0.15, 0.2) is 0 Å². The molecule has 0 heterocycles. The normalized spacial score (nSPS) is 12.9. The van der Waals surface area contributed by atoms with Crippen LogP contribution >= 0.6 is 8.03 Å². The molecule has 5 nitrogen and oxygen atoms in total. The Hall–Kier alpha value is -2.92. The van der Waals surface area contributed by atoms with Crippen molar-refractivity contribution in [2.45, 2.75) is 19.4 Å². The fourth-order valence-electron chi connectivity index (χ4n) is 3.43. The predicted molar refractivity (Wildman–Crippen MR) is 120 cm³/mol. The van der Waals surface area contributed by atoms with Crippen LogP contribution < -0.4 is 0 Å². The summed E-state index contributed by atoms with van der Waals surface area (Å²) in [5.74, 6) is -1.46. The molecule has 2 N–H and O–H groups in total. The summed E-state index contributed by atoms with van der Waals surface area (Å²) in [7, 11) is -2.18. The zero-order chi connectivity index (χ0) is 22.4. The van der Waals surface area contributed by atoms with E-state index in [0.717, 1.165) is 33.0 Å². The summed E-state index contributed by atoms with van der Waals surface area (Å²) in [4.78, 5) is 10.6. The molecule has 160 valence electrons. The fraction of sp³-hybridized carbons (Fsp3) is 0.208. The molecular formula is C24H23FO5P+. The second kappa shape index (κ2) is 10.4. The van der Waals surface area contributed by atoms with Gasteiger partial charge in [0.05, 0.1) is 6.42 Å². The molecule has 3 aromatic rings. The van der Waals surface area contributed by atoms with E-state index in [-0.39, 0.29) is 18.6 Å². The molecule has 0 saturated heterocycles. The lowest BCUT2D eigenvalue weighted by Gasteiger charge is -2.14. The van der Waals surface area contributed by atoms with Crippen LogP contribution in [-0.4, -0.2) is 35.1 Å². The van der Waals surface area contributed by atoms with Crippen molar-refractivity contribution in [3.63, 3.8) is 0 Å². The van der Waals surface area contributed by atoms with Crippen molar-refractivity contribution < 1.29 is 28.5 Å². The van der Waals surface area contributed by atoms with Crippen LogP contribution in [-0.2, 0) is 13.9 Å². The van der Waals surface area contributed by atoms with Crippen LogP contribution in [0, 0.1) is 12.7 Å². The van der Waals surface area contributed by atoms with Crippen molar-refractivity contribution in [3.8, 4) is 11.1 Å². The first-order valence-corrected chi connectivity index (χ1v) is 11.1. The minimum Gasteiger partial charge on any atom is -0.481 e. The Morgan fingerprint density at radius 1 is 1.19 bits per heavy atom. The van der Waals surface area contributed by atoms with Crippen LogP contribution in [0.2, 0.25) is 0 Å². The first-order chi connectivity index (χ1) is 14.8. The predicted octanol–water partition coefficient (Wildman–Crippen LogP) is 5.56.